The number of aromatic amines is 1. The molecule has 1 aliphatic heterocycles. The highest BCUT2D eigenvalue weighted by Crippen LogP contribution is 2.34. The highest BCUT2D eigenvalue weighted by atomic mass is 16.6. The largest absolute Gasteiger partial charge is 0.394 e. The van der Waals surface area contributed by atoms with E-state index in [2.05, 4.69) is 30.5 Å². The highest BCUT2D eigenvalue weighted by molar-refractivity contribution is 5.85. The molecule has 1 aliphatic carbocycles. The normalized spacial score (nSPS) is 31.6. The molecule has 6 N–H and O–H groups in total. The number of ether oxygens (including phenoxy) is 1. The lowest BCUT2D eigenvalue weighted by Crippen LogP contribution is -2.33. The SMILES string of the molecule is OC[C@H]1O[C@@H](n2cnc3c(N[C@@H]4CCC[C@H]4O)nc(-c4cc[nH]n4)nc32)C(O)C1O. The molecule has 2 aliphatic rings. The fourth-order valence-corrected chi connectivity index (χ4v) is 4.10. The van der Waals surface area contributed by atoms with Gasteiger partial charge in [0.25, 0.3) is 0 Å². The Hall–Kier alpha value is -2.64. The van der Waals surface area contributed by atoms with Crippen molar-refractivity contribution >= 4 is 17.0 Å². The summed E-state index contributed by atoms with van der Waals surface area (Å²) in [5, 5.41) is 50.3. The van der Waals surface area contributed by atoms with Gasteiger partial charge in [0.1, 0.15) is 24.0 Å². The Morgan fingerprint density at radius 3 is 2.73 bits per heavy atom. The predicted octanol–water partition coefficient (Wildman–Crippen LogP) is -0.847. The molecule has 5 rings (SSSR count). The van der Waals surface area contributed by atoms with E-state index in [0.29, 0.717) is 28.5 Å². The maximum Gasteiger partial charge on any atom is 0.184 e. The van der Waals surface area contributed by atoms with E-state index in [-0.39, 0.29) is 6.04 Å². The number of anilines is 1. The van der Waals surface area contributed by atoms with E-state index >= 15 is 0 Å². The first-order chi connectivity index (χ1) is 14.6. The maximum absolute atomic E-state index is 10.4. The molecule has 1 saturated heterocycles. The predicted molar refractivity (Wildman–Crippen MR) is 103 cm³/mol. The molecule has 0 aromatic carbocycles. The second-order valence-corrected chi connectivity index (χ2v) is 7.66. The Morgan fingerprint density at radius 2 is 2.07 bits per heavy atom. The monoisotopic (exact) mass is 417 g/mol. The average molecular weight is 417 g/mol. The molecule has 0 spiro atoms. The van der Waals surface area contributed by atoms with Crippen molar-refractivity contribution in [3.05, 3.63) is 18.6 Å². The lowest BCUT2D eigenvalue weighted by molar-refractivity contribution is -0.0511. The van der Waals surface area contributed by atoms with E-state index in [9.17, 15) is 20.4 Å². The van der Waals surface area contributed by atoms with E-state index in [1.54, 1.807) is 12.3 Å². The van der Waals surface area contributed by atoms with Crippen molar-refractivity contribution in [2.24, 2.45) is 0 Å². The van der Waals surface area contributed by atoms with Crippen molar-refractivity contribution in [1.82, 2.24) is 29.7 Å². The van der Waals surface area contributed by atoms with Crippen LogP contribution in [0, 0.1) is 0 Å². The summed E-state index contributed by atoms with van der Waals surface area (Å²) in [6.45, 7) is -0.429. The van der Waals surface area contributed by atoms with Crippen LogP contribution in [0.2, 0.25) is 0 Å². The van der Waals surface area contributed by atoms with Crippen LogP contribution in [0.1, 0.15) is 25.5 Å². The summed E-state index contributed by atoms with van der Waals surface area (Å²) >= 11 is 0. The maximum atomic E-state index is 10.4. The van der Waals surface area contributed by atoms with Gasteiger partial charge < -0.3 is 30.5 Å². The fourth-order valence-electron chi connectivity index (χ4n) is 4.10. The van der Waals surface area contributed by atoms with Crippen LogP contribution in [0.3, 0.4) is 0 Å². The van der Waals surface area contributed by atoms with Gasteiger partial charge >= 0.3 is 0 Å². The van der Waals surface area contributed by atoms with E-state index in [4.69, 9.17) is 4.74 Å². The zero-order valence-corrected chi connectivity index (χ0v) is 16.0. The van der Waals surface area contributed by atoms with Crippen molar-refractivity contribution in [1.29, 1.82) is 0 Å². The van der Waals surface area contributed by atoms with Gasteiger partial charge in [-0.1, -0.05) is 0 Å². The van der Waals surface area contributed by atoms with Gasteiger partial charge in [-0.25, -0.2) is 15.0 Å². The first-order valence-corrected chi connectivity index (χ1v) is 9.88. The van der Waals surface area contributed by atoms with Crippen LogP contribution in [0.15, 0.2) is 18.6 Å². The lowest BCUT2D eigenvalue weighted by Gasteiger charge is -2.19. The van der Waals surface area contributed by atoms with Crippen molar-refractivity contribution < 1.29 is 25.2 Å². The molecule has 0 amide bonds. The number of aliphatic hydroxyl groups is 4. The van der Waals surface area contributed by atoms with Gasteiger partial charge in [0.05, 0.1) is 25.1 Å². The minimum absolute atomic E-state index is 0.158. The number of aromatic nitrogens is 6. The van der Waals surface area contributed by atoms with E-state index in [1.807, 2.05) is 0 Å². The second kappa shape index (κ2) is 7.56. The van der Waals surface area contributed by atoms with Crippen molar-refractivity contribution in [3.63, 3.8) is 0 Å². The molecule has 12 heteroatoms. The molecular formula is C18H23N7O5. The van der Waals surface area contributed by atoms with Gasteiger partial charge in [-0.3, -0.25) is 9.67 Å². The lowest BCUT2D eigenvalue weighted by atomic mass is 10.1. The quantitative estimate of drug-likeness (QED) is 0.307. The van der Waals surface area contributed by atoms with E-state index in [1.165, 1.54) is 10.9 Å². The molecule has 30 heavy (non-hydrogen) atoms. The highest BCUT2D eigenvalue weighted by Gasteiger charge is 2.44. The van der Waals surface area contributed by atoms with Gasteiger partial charge in [-0.2, -0.15) is 5.10 Å². The minimum Gasteiger partial charge on any atom is -0.394 e. The van der Waals surface area contributed by atoms with Crippen molar-refractivity contribution in [2.45, 2.75) is 55.9 Å². The third kappa shape index (κ3) is 3.13. The first-order valence-electron chi connectivity index (χ1n) is 9.88. The number of aliphatic hydroxyl groups excluding tert-OH is 4. The number of hydrogen-bond donors (Lipinski definition) is 6. The second-order valence-electron chi connectivity index (χ2n) is 7.66. The molecule has 3 aromatic heterocycles. The first kappa shape index (κ1) is 19.3. The van der Waals surface area contributed by atoms with Crippen LogP contribution in [-0.4, -0.2) is 87.2 Å². The van der Waals surface area contributed by atoms with Crippen LogP contribution in [0.25, 0.3) is 22.7 Å². The smallest absolute Gasteiger partial charge is 0.184 e. The standard InChI is InChI=1S/C18H23N7O5/c26-6-11-13(28)14(29)18(30-11)25-7-19-12-16(21-8-2-1-3-10(8)27)22-15(23-17(12)25)9-4-5-20-24-9/h4-5,7-8,10-11,13-14,18,26-29H,1-3,6H2,(H,20,24)(H,21,22,23)/t8-,10-,11-,13?,14?,18-/m1/s1. The van der Waals surface area contributed by atoms with Gasteiger partial charge in [0.2, 0.25) is 0 Å². The molecule has 1 saturated carbocycles. The minimum atomic E-state index is -1.27. The molecular weight excluding hydrogens is 394 g/mol. The molecule has 4 heterocycles. The van der Waals surface area contributed by atoms with Gasteiger partial charge in [-0.05, 0) is 25.3 Å². The summed E-state index contributed by atoms with van der Waals surface area (Å²) in [5.74, 6) is 0.765. The summed E-state index contributed by atoms with van der Waals surface area (Å²) in [6, 6.07) is 1.57. The van der Waals surface area contributed by atoms with Gasteiger partial charge in [0.15, 0.2) is 29.0 Å². The molecule has 0 radical (unpaired) electrons. The van der Waals surface area contributed by atoms with Gasteiger partial charge in [0, 0.05) is 6.20 Å². The third-order valence-electron chi connectivity index (χ3n) is 5.74. The third-order valence-corrected chi connectivity index (χ3v) is 5.74. The molecule has 3 aromatic rings. The Balaban J connectivity index is 1.60. The number of H-pyrrole nitrogens is 1. The van der Waals surface area contributed by atoms with Crippen molar-refractivity contribution in [3.8, 4) is 11.5 Å². The Bertz CT molecular complexity index is 1030. The number of nitrogens with zero attached hydrogens (tertiary/aromatic N) is 5. The molecule has 0 bridgehead atoms. The van der Waals surface area contributed by atoms with Crippen LogP contribution in [-0.2, 0) is 4.74 Å². The zero-order valence-electron chi connectivity index (χ0n) is 16.0. The van der Waals surface area contributed by atoms with E-state index < -0.39 is 37.3 Å². The zero-order chi connectivity index (χ0) is 20.8. The Labute approximate surface area is 170 Å². The Morgan fingerprint density at radius 1 is 1.20 bits per heavy atom. The molecule has 160 valence electrons. The molecule has 12 nitrogen and oxygen atoms in total. The number of nitrogens with one attached hydrogen (secondary N) is 2. The number of imidazole rings is 1. The van der Waals surface area contributed by atoms with Crippen LogP contribution < -0.4 is 5.32 Å². The Kier molecular flexibility index (Phi) is 4.87. The topological polar surface area (TPSA) is 174 Å². The molecule has 2 fully saturated rings. The summed E-state index contributed by atoms with van der Waals surface area (Å²) in [6.07, 6.45) is 0.657. The summed E-state index contributed by atoms with van der Waals surface area (Å²) in [5.41, 5.74) is 1.32. The molecule has 2 unspecified atom stereocenters. The summed E-state index contributed by atoms with van der Waals surface area (Å²) < 4.78 is 7.15. The number of fused-ring (bicyclic) bond motifs is 1. The number of hydrogen-bond acceptors (Lipinski definition) is 10. The number of rotatable bonds is 5. The summed E-state index contributed by atoms with van der Waals surface area (Å²) in [4.78, 5) is 13.5. The van der Waals surface area contributed by atoms with Crippen LogP contribution in [0.4, 0.5) is 5.82 Å². The van der Waals surface area contributed by atoms with Crippen LogP contribution in [0.5, 0.6) is 0 Å². The molecule has 6 atom stereocenters. The summed E-state index contributed by atoms with van der Waals surface area (Å²) in [7, 11) is 0. The van der Waals surface area contributed by atoms with E-state index in [0.717, 1.165) is 19.3 Å². The van der Waals surface area contributed by atoms with Gasteiger partial charge in [-0.15, -0.1) is 0 Å². The van der Waals surface area contributed by atoms with Crippen LogP contribution >= 0.6 is 0 Å². The van der Waals surface area contributed by atoms with Crippen molar-refractivity contribution in [2.75, 3.05) is 11.9 Å². The fraction of sp³-hybridized carbons (Fsp3) is 0.556. The average Bonchev–Trinajstić information content (AvgIpc) is 3.52.